The van der Waals surface area contributed by atoms with Crippen molar-refractivity contribution in [2.75, 3.05) is 7.11 Å². The van der Waals surface area contributed by atoms with Gasteiger partial charge in [0.15, 0.2) is 0 Å². The Morgan fingerprint density at radius 2 is 2.05 bits per heavy atom. The third-order valence-electron chi connectivity index (χ3n) is 2.63. The molecule has 0 aliphatic heterocycles. The number of methoxy groups -OCH3 is 1. The number of aromatic hydroxyl groups is 1. The lowest BCUT2D eigenvalue weighted by molar-refractivity contribution is 0.0601. The third-order valence-corrected chi connectivity index (χ3v) is 3.58. The van der Waals surface area contributed by atoms with Gasteiger partial charge in [-0.25, -0.2) is 4.79 Å². The highest BCUT2D eigenvalue weighted by Gasteiger charge is 2.08. The summed E-state index contributed by atoms with van der Waals surface area (Å²) >= 11 is 0.906. The minimum atomic E-state index is -0.417. The van der Waals surface area contributed by atoms with Crippen LogP contribution in [0, 0.1) is 0 Å². The number of benzene rings is 1. The van der Waals surface area contributed by atoms with Crippen molar-refractivity contribution < 1.29 is 14.6 Å². The van der Waals surface area contributed by atoms with Crippen LogP contribution in [0.15, 0.2) is 34.1 Å². The second kappa shape index (κ2) is 5.70. The first-order valence-corrected chi connectivity index (χ1v) is 6.46. The predicted molar refractivity (Wildman–Crippen MR) is 76.3 cm³/mol. The number of carbonyl (C=O) groups is 1. The molecular weight excluding hydrogens is 280 g/mol. The summed E-state index contributed by atoms with van der Waals surface area (Å²) in [5.41, 5.74) is 1.03. The van der Waals surface area contributed by atoms with Crippen LogP contribution in [0.5, 0.6) is 5.88 Å². The van der Waals surface area contributed by atoms with Crippen molar-refractivity contribution in [3.63, 3.8) is 0 Å². The Balaban J connectivity index is 2.21. The Hall–Kier alpha value is -2.41. The normalized spacial score (nSPS) is 10.9. The van der Waals surface area contributed by atoms with Crippen molar-refractivity contribution in [1.82, 2.24) is 4.57 Å². The highest BCUT2D eigenvalue weighted by atomic mass is 32.1. The van der Waals surface area contributed by atoms with Gasteiger partial charge in [-0.05, 0) is 24.3 Å². The van der Waals surface area contributed by atoms with Gasteiger partial charge < -0.3 is 9.84 Å². The van der Waals surface area contributed by atoms with E-state index in [-0.39, 0.29) is 10.8 Å². The molecule has 1 aromatic heterocycles. The Morgan fingerprint density at radius 1 is 1.40 bits per heavy atom. The highest BCUT2D eigenvalue weighted by molar-refractivity contribution is 7.11. The Kier molecular flexibility index (Phi) is 3.99. The van der Waals surface area contributed by atoms with Gasteiger partial charge in [0.2, 0.25) is 5.88 Å². The van der Waals surface area contributed by atoms with Crippen LogP contribution in [0.1, 0.15) is 15.2 Å². The van der Waals surface area contributed by atoms with E-state index in [0.29, 0.717) is 16.1 Å². The number of hydrogen-bond acceptors (Lipinski definition) is 6. The smallest absolute Gasteiger partial charge is 0.337 e. The molecule has 1 aromatic carbocycles. The zero-order valence-corrected chi connectivity index (χ0v) is 11.7. The number of aromatic nitrogens is 1. The number of carbonyl (C=O) groups excluding carboxylic acids is 1. The average Bonchev–Trinajstić information content (AvgIpc) is 2.72. The topological polar surface area (TPSA) is 80.9 Å². The van der Waals surface area contributed by atoms with Crippen molar-refractivity contribution in [3.8, 4) is 5.88 Å². The fraction of sp³-hybridized carbons (Fsp3) is 0.154. The van der Waals surface area contributed by atoms with Gasteiger partial charge in [0.05, 0.1) is 24.6 Å². The number of aliphatic imine (C=N–C) groups is 1. The van der Waals surface area contributed by atoms with Gasteiger partial charge in [0, 0.05) is 7.05 Å². The molecule has 1 N–H and O–H groups in total. The monoisotopic (exact) mass is 292 g/mol. The maximum Gasteiger partial charge on any atom is 0.337 e. The van der Waals surface area contributed by atoms with E-state index >= 15 is 0 Å². The molecule has 0 bridgehead atoms. The molecule has 104 valence electrons. The van der Waals surface area contributed by atoms with Crippen LogP contribution >= 0.6 is 11.3 Å². The van der Waals surface area contributed by atoms with Gasteiger partial charge in [-0.3, -0.25) is 14.4 Å². The summed E-state index contributed by atoms with van der Waals surface area (Å²) in [5.74, 6) is -0.533. The molecule has 20 heavy (non-hydrogen) atoms. The summed E-state index contributed by atoms with van der Waals surface area (Å²) in [5, 5.41) is 9.67. The molecule has 7 heteroatoms. The first-order chi connectivity index (χ1) is 9.52. The average molecular weight is 292 g/mol. The second-order valence-corrected chi connectivity index (χ2v) is 4.90. The first kappa shape index (κ1) is 14.0. The van der Waals surface area contributed by atoms with E-state index in [1.54, 1.807) is 24.3 Å². The van der Waals surface area contributed by atoms with Crippen LogP contribution in [0.2, 0.25) is 0 Å². The fourth-order valence-electron chi connectivity index (χ4n) is 1.48. The quantitative estimate of drug-likeness (QED) is 0.689. The summed E-state index contributed by atoms with van der Waals surface area (Å²) in [6, 6.07) is 6.47. The fourth-order valence-corrected chi connectivity index (χ4v) is 2.22. The van der Waals surface area contributed by atoms with E-state index < -0.39 is 5.97 Å². The molecule has 0 saturated heterocycles. The Morgan fingerprint density at radius 3 is 2.55 bits per heavy atom. The van der Waals surface area contributed by atoms with Crippen molar-refractivity contribution in [3.05, 3.63) is 44.4 Å². The molecule has 0 radical (unpaired) electrons. The molecule has 2 aromatic rings. The van der Waals surface area contributed by atoms with E-state index in [0.717, 1.165) is 15.9 Å². The van der Waals surface area contributed by atoms with E-state index in [9.17, 15) is 14.7 Å². The van der Waals surface area contributed by atoms with Crippen molar-refractivity contribution in [1.29, 1.82) is 0 Å². The van der Waals surface area contributed by atoms with Crippen LogP contribution in [-0.2, 0) is 11.8 Å². The van der Waals surface area contributed by atoms with Crippen molar-refractivity contribution in [2.24, 2.45) is 12.0 Å². The number of nitrogens with zero attached hydrogens (tertiary/aromatic N) is 2. The molecule has 0 unspecified atom stereocenters. The lowest BCUT2D eigenvalue weighted by Gasteiger charge is -1.99. The zero-order valence-electron chi connectivity index (χ0n) is 10.9. The zero-order chi connectivity index (χ0) is 14.7. The van der Waals surface area contributed by atoms with E-state index in [1.807, 2.05) is 0 Å². The molecule has 0 saturated carbocycles. The molecule has 6 nitrogen and oxygen atoms in total. The maximum absolute atomic E-state index is 11.3. The van der Waals surface area contributed by atoms with Gasteiger partial charge in [-0.2, -0.15) is 0 Å². The van der Waals surface area contributed by atoms with Crippen LogP contribution in [0.3, 0.4) is 0 Å². The summed E-state index contributed by atoms with van der Waals surface area (Å²) in [7, 11) is 2.80. The predicted octanol–water partition coefficient (Wildman–Crippen LogP) is 1.69. The van der Waals surface area contributed by atoms with Crippen molar-refractivity contribution >= 4 is 29.2 Å². The molecule has 0 spiro atoms. The van der Waals surface area contributed by atoms with Crippen LogP contribution < -0.4 is 4.87 Å². The number of hydrogen-bond donors (Lipinski definition) is 1. The van der Waals surface area contributed by atoms with Gasteiger partial charge in [0.25, 0.3) is 0 Å². The molecule has 0 atom stereocenters. The summed E-state index contributed by atoms with van der Waals surface area (Å²) in [4.78, 5) is 26.9. The third kappa shape index (κ3) is 2.77. The minimum absolute atomic E-state index is 0.116. The van der Waals surface area contributed by atoms with E-state index in [4.69, 9.17) is 0 Å². The highest BCUT2D eigenvalue weighted by Crippen LogP contribution is 2.18. The van der Waals surface area contributed by atoms with Gasteiger partial charge in [-0.15, -0.1) is 0 Å². The molecule has 0 fully saturated rings. The van der Waals surface area contributed by atoms with E-state index in [2.05, 4.69) is 9.73 Å². The molecule has 2 rings (SSSR count). The summed E-state index contributed by atoms with van der Waals surface area (Å²) in [6.07, 6.45) is 1.41. The second-order valence-electron chi connectivity index (χ2n) is 3.91. The van der Waals surface area contributed by atoms with E-state index in [1.165, 1.54) is 20.4 Å². The summed E-state index contributed by atoms with van der Waals surface area (Å²) in [6.45, 7) is 0. The number of esters is 1. The van der Waals surface area contributed by atoms with Gasteiger partial charge >= 0.3 is 10.8 Å². The SMILES string of the molecule is COC(=O)c1ccc(N=Cc2sc(=O)n(C)c2O)cc1. The maximum atomic E-state index is 11.3. The Labute approximate surface area is 118 Å². The van der Waals surface area contributed by atoms with Crippen molar-refractivity contribution in [2.45, 2.75) is 0 Å². The standard InChI is InChI=1S/C13H12N2O4S/c1-15-11(16)10(20-13(15)18)7-14-9-5-3-8(4-6-9)12(17)19-2/h3-7,16H,1-2H3. The number of rotatable bonds is 3. The van der Waals surface area contributed by atoms with Crippen LogP contribution in [0.4, 0.5) is 5.69 Å². The molecule has 0 aliphatic rings. The largest absolute Gasteiger partial charge is 0.493 e. The first-order valence-electron chi connectivity index (χ1n) is 5.64. The number of thiazole rings is 1. The molecular formula is C13H12N2O4S. The lowest BCUT2D eigenvalue weighted by atomic mass is 10.2. The van der Waals surface area contributed by atoms with Crippen LogP contribution in [-0.4, -0.2) is 29.0 Å². The Bertz CT molecular complexity index is 713. The lowest BCUT2D eigenvalue weighted by Crippen LogP contribution is -2.05. The van der Waals surface area contributed by atoms with Gasteiger partial charge in [-0.1, -0.05) is 11.3 Å². The molecule has 0 amide bonds. The number of ether oxygens (including phenoxy) is 1. The molecule has 0 aliphatic carbocycles. The van der Waals surface area contributed by atoms with Crippen LogP contribution in [0.25, 0.3) is 0 Å². The van der Waals surface area contributed by atoms with Gasteiger partial charge in [0.1, 0.15) is 4.88 Å². The molecule has 1 heterocycles. The minimum Gasteiger partial charge on any atom is -0.493 e. The summed E-state index contributed by atoms with van der Waals surface area (Å²) < 4.78 is 5.74.